The first kappa shape index (κ1) is 28.6. The van der Waals surface area contributed by atoms with Crippen molar-refractivity contribution in [1.82, 2.24) is 16.0 Å². The van der Waals surface area contributed by atoms with Crippen molar-refractivity contribution >= 4 is 35.6 Å². The standard InChI is InChI=1S/C18H34N8O6/c1-9(2)14(26-15(30)10(19)4-3-7-23-18(21)22)17(32)25-11(5-6-12(20)27)16(31)24-8-13(28)29/h9-11,14H,3-8,19H2,1-2H3,(H2,20,27)(H,24,31)(H,25,32)(H,26,30)(H,28,29)(H4,21,22,23). The summed E-state index contributed by atoms with van der Waals surface area (Å²) in [6.45, 7) is 2.99. The van der Waals surface area contributed by atoms with Crippen LogP contribution in [0.1, 0.15) is 39.5 Å². The van der Waals surface area contributed by atoms with Crippen LogP contribution in [0.15, 0.2) is 4.99 Å². The number of primary amides is 1. The Labute approximate surface area is 185 Å². The van der Waals surface area contributed by atoms with Crippen LogP contribution in [0.25, 0.3) is 0 Å². The lowest BCUT2D eigenvalue weighted by Crippen LogP contribution is -2.57. The molecule has 0 aromatic carbocycles. The van der Waals surface area contributed by atoms with E-state index in [1.807, 2.05) is 0 Å². The largest absolute Gasteiger partial charge is 0.480 e. The summed E-state index contributed by atoms with van der Waals surface area (Å²) in [5.41, 5.74) is 21.4. The molecular weight excluding hydrogens is 424 g/mol. The Kier molecular flexibility index (Phi) is 13.0. The molecule has 182 valence electrons. The van der Waals surface area contributed by atoms with Crippen LogP contribution in [0.2, 0.25) is 0 Å². The van der Waals surface area contributed by atoms with E-state index < -0.39 is 54.3 Å². The zero-order valence-electron chi connectivity index (χ0n) is 18.3. The number of carboxylic acid groups (broad SMARTS) is 1. The second-order valence-corrected chi connectivity index (χ2v) is 7.46. The molecule has 12 N–H and O–H groups in total. The number of hydrogen-bond donors (Lipinski definition) is 8. The Hall–Kier alpha value is -3.42. The highest BCUT2D eigenvalue weighted by Crippen LogP contribution is 2.06. The normalized spacial score (nSPS) is 13.4. The van der Waals surface area contributed by atoms with Gasteiger partial charge in [-0.25, -0.2) is 0 Å². The Morgan fingerprint density at radius 1 is 0.938 bits per heavy atom. The summed E-state index contributed by atoms with van der Waals surface area (Å²) in [4.78, 5) is 62.9. The molecule has 14 heteroatoms. The van der Waals surface area contributed by atoms with Gasteiger partial charge in [0.15, 0.2) is 5.96 Å². The average molecular weight is 459 g/mol. The highest BCUT2D eigenvalue weighted by Gasteiger charge is 2.30. The molecule has 14 nitrogen and oxygen atoms in total. The van der Waals surface area contributed by atoms with Gasteiger partial charge in [0.2, 0.25) is 23.6 Å². The second-order valence-electron chi connectivity index (χ2n) is 7.46. The maximum absolute atomic E-state index is 12.8. The third-order valence-corrected chi connectivity index (χ3v) is 4.28. The van der Waals surface area contributed by atoms with E-state index in [-0.39, 0.29) is 31.1 Å². The number of amides is 4. The molecule has 0 saturated carbocycles. The van der Waals surface area contributed by atoms with E-state index in [4.69, 9.17) is 28.0 Å². The summed E-state index contributed by atoms with van der Waals surface area (Å²) in [7, 11) is 0. The predicted octanol–water partition coefficient (Wildman–Crippen LogP) is -3.54. The molecule has 0 aromatic rings. The molecular formula is C18H34N8O6. The second kappa shape index (κ2) is 14.6. The Bertz CT molecular complexity index is 708. The predicted molar refractivity (Wildman–Crippen MR) is 116 cm³/mol. The monoisotopic (exact) mass is 458 g/mol. The Morgan fingerprint density at radius 2 is 1.56 bits per heavy atom. The van der Waals surface area contributed by atoms with Crippen molar-refractivity contribution in [3.63, 3.8) is 0 Å². The maximum Gasteiger partial charge on any atom is 0.322 e. The smallest absolute Gasteiger partial charge is 0.322 e. The van der Waals surface area contributed by atoms with Crippen molar-refractivity contribution < 1.29 is 29.1 Å². The lowest BCUT2D eigenvalue weighted by molar-refractivity contribution is -0.139. The fraction of sp³-hybridized carbons (Fsp3) is 0.667. The zero-order chi connectivity index (χ0) is 24.8. The third kappa shape index (κ3) is 12.3. The number of hydrogen-bond acceptors (Lipinski definition) is 7. The van der Waals surface area contributed by atoms with E-state index >= 15 is 0 Å². The fourth-order valence-electron chi connectivity index (χ4n) is 2.55. The summed E-state index contributed by atoms with van der Waals surface area (Å²) in [6, 6.07) is -3.17. The number of aliphatic imine (C=N–C) groups is 1. The van der Waals surface area contributed by atoms with Crippen LogP contribution in [0, 0.1) is 5.92 Å². The first-order valence-corrected chi connectivity index (χ1v) is 10.0. The number of aliphatic carboxylic acids is 1. The van der Waals surface area contributed by atoms with E-state index in [0.29, 0.717) is 13.0 Å². The maximum atomic E-state index is 12.8. The number of carbonyl (C=O) groups is 5. The molecule has 0 spiro atoms. The van der Waals surface area contributed by atoms with E-state index in [2.05, 4.69) is 20.9 Å². The van der Waals surface area contributed by atoms with Gasteiger partial charge in [-0.15, -0.1) is 0 Å². The molecule has 0 saturated heterocycles. The van der Waals surface area contributed by atoms with Crippen LogP contribution in [0.4, 0.5) is 0 Å². The van der Waals surface area contributed by atoms with Gasteiger partial charge in [-0.1, -0.05) is 13.8 Å². The zero-order valence-corrected chi connectivity index (χ0v) is 18.3. The van der Waals surface area contributed by atoms with E-state index in [9.17, 15) is 24.0 Å². The molecule has 0 bridgehead atoms. The summed E-state index contributed by atoms with van der Waals surface area (Å²) < 4.78 is 0. The first-order chi connectivity index (χ1) is 14.8. The van der Waals surface area contributed by atoms with Crippen molar-refractivity contribution in [2.75, 3.05) is 13.1 Å². The fourth-order valence-corrected chi connectivity index (χ4v) is 2.55. The molecule has 0 rings (SSSR count). The molecule has 0 fully saturated rings. The number of nitrogens with two attached hydrogens (primary N) is 4. The van der Waals surface area contributed by atoms with E-state index in [1.165, 1.54) is 0 Å². The van der Waals surface area contributed by atoms with Gasteiger partial charge in [0, 0.05) is 13.0 Å². The molecule has 0 aliphatic rings. The van der Waals surface area contributed by atoms with Gasteiger partial charge in [0.1, 0.15) is 18.6 Å². The van der Waals surface area contributed by atoms with Crippen molar-refractivity contribution in [3.8, 4) is 0 Å². The number of carboxylic acids is 1. The van der Waals surface area contributed by atoms with Gasteiger partial charge in [-0.3, -0.25) is 29.0 Å². The molecule has 4 amide bonds. The highest BCUT2D eigenvalue weighted by atomic mass is 16.4. The highest BCUT2D eigenvalue weighted by molar-refractivity contribution is 5.94. The van der Waals surface area contributed by atoms with E-state index in [1.54, 1.807) is 13.8 Å². The van der Waals surface area contributed by atoms with Gasteiger partial charge in [0.25, 0.3) is 0 Å². The van der Waals surface area contributed by atoms with Gasteiger partial charge in [-0.2, -0.15) is 0 Å². The van der Waals surface area contributed by atoms with Crippen LogP contribution in [-0.4, -0.2) is 71.9 Å². The minimum absolute atomic E-state index is 0.0714. The SMILES string of the molecule is CC(C)C(NC(=O)C(N)CCCN=C(N)N)C(=O)NC(CCC(N)=O)C(=O)NCC(=O)O. The van der Waals surface area contributed by atoms with Crippen LogP contribution < -0.4 is 38.9 Å². The molecule has 0 aliphatic heterocycles. The molecule has 0 radical (unpaired) electrons. The molecule has 0 aliphatic carbocycles. The van der Waals surface area contributed by atoms with Crippen molar-refractivity contribution in [2.24, 2.45) is 33.8 Å². The number of nitrogens with zero attached hydrogens (tertiary/aromatic N) is 1. The van der Waals surface area contributed by atoms with Crippen molar-refractivity contribution in [2.45, 2.75) is 57.7 Å². The van der Waals surface area contributed by atoms with E-state index in [0.717, 1.165) is 0 Å². The van der Waals surface area contributed by atoms with Crippen LogP contribution >= 0.6 is 0 Å². The topological polar surface area (TPSA) is 258 Å². The van der Waals surface area contributed by atoms with Crippen LogP contribution in [0.3, 0.4) is 0 Å². The van der Waals surface area contributed by atoms with Crippen molar-refractivity contribution in [1.29, 1.82) is 0 Å². The van der Waals surface area contributed by atoms with Gasteiger partial charge in [0.05, 0.1) is 6.04 Å². The number of rotatable bonds is 15. The number of carbonyl (C=O) groups excluding carboxylic acids is 4. The minimum Gasteiger partial charge on any atom is -0.480 e. The van der Waals surface area contributed by atoms with Gasteiger partial charge < -0.3 is 44.0 Å². The third-order valence-electron chi connectivity index (χ3n) is 4.28. The van der Waals surface area contributed by atoms with Crippen molar-refractivity contribution in [3.05, 3.63) is 0 Å². The Balaban J connectivity index is 5.10. The molecule has 0 heterocycles. The first-order valence-electron chi connectivity index (χ1n) is 10.0. The lowest BCUT2D eigenvalue weighted by atomic mass is 10.0. The quantitative estimate of drug-likeness (QED) is 0.0685. The number of guanidine groups is 1. The molecule has 0 aromatic heterocycles. The Morgan fingerprint density at radius 3 is 2.06 bits per heavy atom. The summed E-state index contributed by atoms with van der Waals surface area (Å²) in [6.07, 6.45) is 0.359. The lowest BCUT2D eigenvalue weighted by Gasteiger charge is -2.26. The van der Waals surface area contributed by atoms with Gasteiger partial charge in [-0.05, 0) is 25.2 Å². The van der Waals surface area contributed by atoms with Crippen LogP contribution in [-0.2, 0) is 24.0 Å². The molecule has 3 unspecified atom stereocenters. The molecule has 32 heavy (non-hydrogen) atoms. The summed E-state index contributed by atoms with van der Waals surface area (Å²) in [5, 5.41) is 15.8. The average Bonchev–Trinajstić information content (AvgIpc) is 2.69. The minimum atomic E-state index is -1.28. The van der Waals surface area contributed by atoms with Gasteiger partial charge >= 0.3 is 5.97 Å². The van der Waals surface area contributed by atoms with Crippen LogP contribution in [0.5, 0.6) is 0 Å². The number of nitrogens with one attached hydrogen (secondary N) is 3. The molecule has 3 atom stereocenters. The summed E-state index contributed by atoms with van der Waals surface area (Å²) >= 11 is 0. The summed E-state index contributed by atoms with van der Waals surface area (Å²) in [5.74, 6) is -4.49.